The van der Waals surface area contributed by atoms with Crippen LogP contribution in [0.2, 0.25) is 0 Å². The molecule has 1 atom stereocenters. The molecule has 0 spiro atoms. The molecule has 0 aliphatic rings. The molecule has 1 unspecified atom stereocenters. The minimum Gasteiger partial charge on any atom is -0.271 e. The molecule has 0 radical (unpaired) electrons. The van der Waals surface area contributed by atoms with E-state index >= 15 is 0 Å². The van der Waals surface area contributed by atoms with E-state index < -0.39 is 0 Å². The van der Waals surface area contributed by atoms with E-state index in [-0.39, 0.29) is 11.9 Å². The molecule has 0 aromatic heterocycles. The summed E-state index contributed by atoms with van der Waals surface area (Å²) < 4.78 is 13.1. The first-order valence-electron chi connectivity index (χ1n) is 5.88. The van der Waals surface area contributed by atoms with Crippen molar-refractivity contribution in [3.8, 4) is 0 Å². The number of hydrazine groups is 1. The van der Waals surface area contributed by atoms with Crippen molar-refractivity contribution in [2.75, 3.05) is 0 Å². The zero-order chi connectivity index (χ0) is 12.0. The quantitative estimate of drug-likeness (QED) is 0.576. The van der Waals surface area contributed by atoms with Gasteiger partial charge in [0.15, 0.2) is 0 Å². The first-order valence-corrected chi connectivity index (χ1v) is 5.88. The Bertz CT molecular complexity index is 326. The van der Waals surface area contributed by atoms with Crippen molar-refractivity contribution in [3.63, 3.8) is 0 Å². The van der Waals surface area contributed by atoms with E-state index in [2.05, 4.69) is 12.3 Å². The van der Waals surface area contributed by atoms with Gasteiger partial charge in [-0.05, 0) is 43.0 Å². The third-order valence-electron chi connectivity index (χ3n) is 2.92. The van der Waals surface area contributed by atoms with Crippen LogP contribution in [0.15, 0.2) is 18.2 Å². The average molecular weight is 224 g/mol. The Kier molecular flexibility index (Phi) is 5.43. The Morgan fingerprint density at radius 2 is 2.19 bits per heavy atom. The second-order valence-corrected chi connectivity index (χ2v) is 4.28. The van der Waals surface area contributed by atoms with Crippen LogP contribution in [-0.2, 0) is 6.42 Å². The lowest BCUT2D eigenvalue weighted by atomic mass is 9.98. The van der Waals surface area contributed by atoms with E-state index in [1.807, 2.05) is 13.0 Å². The van der Waals surface area contributed by atoms with Crippen LogP contribution in [0.5, 0.6) is 0 Å². The molecule has 0 aliphatic heterocycles. The van der Waals surface area contributed by atoms with Crippen molar-refractivity contribution < 1.29 is 4.39 Å². The van der Waals surface area contributed by atoms with Crippen molar-refractivity contribution >= 4 is 0 Å². The number of hydrogen-bond donors (Lipinski definition) is 2. The third-order valence-corrected chi connectivity index (χ3v) is 2.92. The Balaban J connectivity index is 2.65. The number of rotatable bonds is 6. The molecule has 0 saturated heterocycles. The van der Waals surface area contributed by atoms with Crippen LogP contribution in [0, 0.1) is 12.7 Å². The smallest absolute Gasteiger partial charge is 0.123 e. The number of unbranched alkanes of at least 4 members (excludes halogenated alkanes) is 1. The molecule has 2 nitrogen and oxygen atoms in total. The number of nitrogens with two attached hydrogens (primary N) is 1. The fraction of sp³-hybridized carbons (Fsp3) is 0.538. The highest BCUT2D eigenvalue weighted by molar-refractivity contribution is 5.27. The van der Waals surface area contributed by atoms with E-state index in [1.54, 1.807) is 6.07 Å². The lowest BCUT2D eigenvalue weighted by molar-refractivity contribution is 0.472. The van der Waals surface area contributed by atoms with E-state index in [0.717, 1.165) is 36.8 Å². The molecule has 0 saturated carbocycles. The lowest BCUT2D eigenvalue weighted by Gasteiger charge is -2.16. The molecule has 1 aromatic carbocycles. The van der Waals surface area contributed by atoms with Gasteiger partial charge in [0.1, 0.15) is 5.82 Å². The van der Waals surface area contributed by atoms with Crippen LogP contribution in [0.25, 0.3) is 0 Å². The lowest BCUT2D eigenvalue weighted by Crippen LogP contribution is -2.36. The molecule has 3 N–H and O–H groups in total. The largest absolute Gasteiger partial charge is 0.271 e. The van der Waals surface area contributed by atoms with Crippen LogP contribution < -0.4 is 11.3 Å². The van der Waals surface area contributed by atoms with Crippen molar-refractivity contribution in [1.82, 2.24) is 5.43 Å². The van der Waals surface area contributed by atoms with Crippen LogP contribution in [0.4, 0.5) is 4.39 Å². The monoisotopic (exact) mass is 224 g/mol. The molecule has 1 aromatic rings. The molecule has 16 heavy (non-hydrogen) atoms. The molecule has 0 heterocycles. The summed E-state index contributed by atoms with van der Waals surface area (Å²) in [6.45, 7) is 4.16. The standard InChI is InChI=1S/C13H21FN2/c1-3-4-5-13(16-15)9-11-8-12(14)7-6-10(11)2/h6-8,13,16H,3-5,9,15H2,1-2H3. The minimum atomic E-state index is -0.174. The van der Waals surface area contributed by atoms with Crippen molar-refractivity contribution in [2.24, 2.45) is 5.84 Å². The summed E-state index contributed by atoms with van der Waals surface area (Å²) in [7, 11) is 0. The Morgan fingerprint density at radius 1 is 1.44 bits per heavy atom. The van der Waals surface area contributed by atoms with Gasteiger partial charge >= 0.3 is 0 Å². The van der Waals surface area contributed by atoms with Crippen molar-refractivity contribution in [3.05, 3.63) is 35.1 Å². The summed E-state index contributed by atoms with van der Waals surface area (Å²) in [5.41, 5.74) is 4.97. The van der Waals surface area contributed by atoms with Gasteiger partial charge in [0, 0.05) is 6.04 Å². The van der Waals surface area contributed by atoms with Gasteiger partial charge in [0.2, 0.25) is 0 Å². The maximum absolute atomic E-state index is 13.1. The van der Waals surface area contributed by atoms with Gasteiger partial charge in [0.05, 0.1) is 0 Å². The maximum atomic E-state index is 13.1. The summed E-state index contributed by atoms with van der Waals surface area (Å²) >= 11 is 0. The number of benzene rings is 1. The Hall–Kier alpha value is -0.930. The highest BCUT2D eigenvalue weighted by Gasteiger charge is 2.09. The molecule has 3 heteroatoms. The summed E-state index contributed by atoms with van der Waals surface area (Å²) in [6.07, 6.45) is 4.12. The molecular formula is C13H21FN2. The van der Waals surface area contributed by atoms with E-state index in [1.165, 1.54) is 6.07 Å². The van der Waals surface area contributed by atoms with E-state index in [0.29, 0.717) is 0 Å². The number of nitrogens with one attached hydrogen (secondary N) is 1. The van der Waals surface area contributed by atoms with Crippen LogP contribution >= 0.6 is 0 Å². The van der Waals surface area contributed by atoms with E-state index in [4.69, 9.17) is 5.84 Å². The average Bonchev–Trinajstić information content (AvgIpc) is 2.28. The van der Waals surface area contributed by atoms with Crippen LogP contribution in [0.1, 0.15) is 37.3 Å². The van der Waals surface area contributed by atoms with Gasteiger partial charge in [-0.1, -0.05) is 25.8 Å². The number of halogens is 1. The summed E-state index contributed by atoms with van der Waals surface area (Å²) in [4.78, 5) is 0. The van der Waals surface area contributed by atoms with Crippen LogP contribution in [-0.4, -0.2) is 6.04 Å². The fourth-order valence-electron chi connectivity index (χ4n) is 1.82. The maximum Gasteiger partial charge on any atom is 0.123 e. The summed E-state index contributed by atoms with van der Waals surface area (Å²) in [5.74, 6) is 5.33. The topological polar surface area (TPSA) is 38.0 Å². The zero-order valence-corrected chi connectivity index (χ0v) is 10.1. The normalized spacial score (nSPS) is 12.8. The van der Waals surface area contributed by atoms with Gasteiger partial charge in [-0.15, -0.1) is 0 Å². The van der Waals surface area contributed by atoms with Gasteiger partial charge < -0.3 is 0 Å². The minimum absolute atomic E-state index is 0.174. The zero-order valence-electron chi connectivity index (χ0n) is 10.1. The predicted molar refractivity (Wildman–Crippen MR) is 65.5 cm³/mol. The summed E-state index contributed by atoms with van der Waals surface area (Å²) in [5, 5.41) is 0. The Morgan fingerprint density at radius 3 is 2.81 bits per heavy atom. The summed E-state index contributed by atoms with van der Waals surface area (Å²) in [6, 6.07) is 5.15. The number of hydrogen-bond acceptors (Lipinski definition) is 2. The van der Waals surface area contributed by atoms with Crippen LogP contribution in [0.3, 0.4) is 0 Å². The van der Waals surface area contributed by atoms with Crippen molar-refractivity contribution in [2.45, 2.75) is 45.6 Å². The Labute approximate surface area is 97.0 Å². The fourth-order valence-corrected chi connectivity index (χ4v) is 1.82. The molecule has 0 aliphatic carbocycles. The van der Waals surface area contributed by atoms with Gasteiger partial charge in [-0.3, -0.25) is 11.3 Å². The SMILES string of the molecule is CCCCC(Cc1cc(F)ccc1C)NN. The molecule has 90 valence electrons. The highest BCUT2D eigenvalue weighted by Crippen LogP contribution is 2.14. The van der Waals surface area contributed by atoms with Crippen molar-refractivity contribution in [1.29, 1.82) is 0 Å². The second kappa shape index (κ2) is 6.61. The molecule has 0 bridgehead atoms. The van der Waals surface area contributed by atoms with Gasteiger partial charge in [-0.25, -0.2) is 4.39 Å². The van der Waals surface area contributed by atoms with E-state index in [9.17, 15) is 4.39 Å². The molecule has 0 fully saturated rings. The molecule has 1 rings (SSSR count). The highest BCUT2D eigenvalue weighted by atomic mass is 19.1. The van der Waals surface area contributed by atoms with Gasteiger partial charge in [0.25, 0.3) is 0 Å². The first kappa shape index (κ1) is 13.1. The first-order chi connectivity index (χ1) is 7.67. The van der Waals surface area contributed by atoms with Gasteiger partial charge in [-0.2, -0.15) is 0 Å². The number of aryl methyl sites for hydroxylation is 1. The second-order valence-electron chi connectivity index (χ2n) is 4.28. The third kappa shape index (κ3) is 3.91. The molecular weight excluding hydrogens is 203 g/mol. The molecule has 0 amide bonds. The predicted octanol–water partition coefficient (Wildman–Crippen LogP) is 2.70.